The molecule has 84 valence electrons. The van der Waals surface area contributed by atoms with Crippen LogP contribution in [0.15, 0.2) is 24.4 Å². The minimum absolute atomic E-state index is 0.554. The predicted molar refractivity (Wildman–Crippen MR) is 67.4 cm³/mol. The molecule has 2 rings (SSSR count). The molecule has 0 bridgehead atoms. The number of hydrogen-bond donors (Lipinski definition) is 2. The van der Waals surface area contributed by atoms with Gasteiger partial charge >= 0.3 is 0 Å². The monoisotopic (exact) mass is 256 g/mol. The molecular formula is C10H10Cl2N4. The standard InChI is InChI=1S/C10H10Cl2N4/c1-16-5-8(13)10(15-16)14-9-4-6(11)2-3-7(9)12/h2-5H,13H2,1H3,(H,14,15). The first-order chi connectivity index (χ1) is 7.56. The van der Waals surface area contributed by atoms with Crippen molar-refractivity contribution in [1.82, 2.24) is 9.78 Å². The van der Waals surface area contributed by atoms with Crippen LogP contribution in [0.3, 0.4) is 0 Å². The molecule has 3 N–H and O–H groups in total. The highest BCUT2D eigenvalue weighted by molar-refractivity contribution is 6.35. The van der Waals surface area contributed by atoms with Crippen molar-refractivity contribution in [3.63, 3.8) is 0 Å². The zero-order valence-corrected chi connectivity index (χ0v) is 10.0. The van der Waals surface area contributed by atoms with E-state index in [2.05, 4.69) is 10.4 Å². The summed E-state index contributed by atoms with van der Waals surface area (Å²) in [6.07, 6.45) is 1.71. The Morgan fingerprint density at radius 2 is 2.12 bits per heavy atom. The van der Waals surface area contributed by atoms with Crippen LogP contribution in [0.2, 0.25) is 10.0 Å². The number of benzene rings is 1. The van der Waals surface area contributed by atoms with E-state index in [9.17, 15) is 0 Å². The summed E-state index contributed by atoms with van der Waals surface area (Å²) >= 11 is 11.9. The van der Waals surface area contributed by atoms with E-state index < -0.39 is 0 Å². The topological polar surface area (TPSA) is 55.9 Å². The lowest BCUT2D eigenvalue weighted by Gasteiger charge is -2.06. The zero-order valence-electron chi connectivity index (χ0n) is 8.54. The van der Waals surface area contributed by atoms with Crippen molar-refractivity contribution in [2.75, 3.05) is 11.1 Å². The van der Waals surface area contributed by atoms with E-state index >= 15 is 0 Å². The van der Waals surface area contributed by atoms with E-state index in [0.717, 1.165) is 0 Å². The van der Waals surface area contributed by atoms with Crippen LogP contribution in [0.4, 0.5) is 17.2 Å². The lowest BCUT2D eigenvalue weighted by atomic mass is 10.3. The van der Waals surface area contributed by atoms with Crippen LogP contribution in [-0.4, -0.2) is 9.78 Å². The Hall–Kier alpha value is -1.39. The molecule has 0 amide bonds. The number of rotatable bonds is 2. The number of anilines is 3. The van der Waals surface area contributed by atoms with Gasteiger partial charge in [-0.1, -0.05) is 23.2 Å². The molecule has 0 aliphatic rings. The molecule has 0 spiro atoms. The van der Waals surface area contributed by atoms with Crippen LogP contribution >= 0.6 is 23.2 Å². The number of hydrogen-bond acceptors (Lipinski definition) is 3. The van der Waals surface area contributed by atoms with Gasteiger partial charge in [0.1, 0.15) is 0 Å². The molecule has 2 aromatic rings. The van der Waals surface area contributed by atoms with Gasteiger partial charge in [-0.2, -0.15) is 5.10 Å². The maximum Gasteiger partial charge on any atom is 0.175 e. The molecule has 4 nitrogen and oxygen atoms in total. The quantitative estimate of drug-likeness (QED) is 0.869. The summed E-state index contributed by atoms with van der Waals surface area (Å²) in [6.45, 7) is 0. The molecule has 1 aromatic heterocycles. The number of nitrogens with one attached hydrogen (secondary N) is 1. The smallest absolute Gasteiger partial charge is 0.175 e. The third kappa shape index (κ3) is 2.23. The lowest BCUT2D eigenvalue weighted by Crippen LogP contribution is -1.96. The third-order valence-electron chi connectivity index (χ3n) is 2.04. The molecule has 0 saturated carbocycles. The molecule has 0 unspecified atom stereocenters. The first-order valence-corrected chi connectivity index (χ1v) is 5.33. The van der Waals surface area contributed by atoms with Crippen LogP contribution in [0, 0.1) is 0 Å². The van der Waals surface area contributed by atoms with Crippen molar-refractivity contribution < 1.29 is 0 Å². The normalized spacial score (nSPS) is 10.4. The van der Waals surface area contributed by atoms with Gasteiger partial charge < -0.3 is 11.1 Å². The molecule has 0 saturated heterocycles. The second-order valence-electron chi connectivity index (χ2n) is 3.36. The molecule has 1 heterocycles. The molecule has 1 aromatic carbocycles. The highest BCUT2D eigenvalue weighted by Crippen LogP contribution is 2.29. The van der Waals surface area contributed by atoms with Crippen molar-refractivity contribution in [3.05, 3.63) is 34.4 Å². The number of nitrogens with zero attached hydrogens (tertiary/aromatic N) is 2. The Morgan fingerprint density at radius 3 is 2.75 bits per heavy atom. The van der Waals surface area contributed by atoms with E-state index in [1.807, 2.05) is 0 Å². The second kappa shape index (κ2) is 4.23. The molecule has 0 fully saturated rings. The predicted octanol–water partition coefficient (Wildman–Crippen LogP) is 3.05. The van der Waals surface area contributed by atoms with Gasteiger partial charge in [-0.15, -0.1) is 0 Å². The first-order valence-electron chi connectivity index (χ1n) is 4.57. The largest absolute Gasteiger partial charge is 0.394 e. The fourth-order valence-electron chi connectivity index (χ4n) is 1.32. The average Bonchev–Trinajstić information content (AvgIpc) is 2.51. The minimum Gasteiger partial charge on any atom is -0.394 e. The van der Waals surface area contributed by atoms with Gasteiger partial charge in [0, 0.05) is 18.3 Å². The van der Waals surface area contributed by atoms with Crippen LogP contribution in [0.5, 0.6) is 0 Å². The van der Waals surface area contributed by atoms with Crippen LogP contribution in [-0.2, 0) is 7.05 Å². The summed E-state index contributed by atoms with van der Waals surface area (Å²) in [5, 5.41) is 8.35. The number of aryl methyl sites for hydroxylation is 1. The van der Waals surface area contributed by atoms with Crippen molar-refractivity contribution >= 4 is 40.4 Å². The molecule has 16 heavy (non-hydrogen) atoms. The molecule has 6 heteroatoms. The van der Waals surface area contributed by atoms with Crippen molar-refractivity contribution in [1.29, 1.82) is 0 Å². The van der Waals surface area contributed by atoms with Gasteiger partial charge in [-0.3, -0.25) is 4.68 Å². The fraction of sp³-hybridized carbons (Fsp3) is 0.100. The number of aromatic nitrogens is 2. The minimum atomic E-state index is 0.554. The van der Waals surface area contributed by atoms with Crippen LogP contribution < -0.4 is 11.1 Å². The SMILES string of the molecule is Cn1cc(N)c(Nc2cc(Cl)ccc2Cl)n1. The van der Waals surface area contributed by atoms with E-state index in [1.165, 1.54) is 0 Å². The Morgan fingerprint density at radius 1 is 1.38 bits per heavy atom. The summed E-state index contributed by atoms with van der Waals surface area (Å²) in [7, 11) is 1.79. The zero-order chi connectivity index (χ0) is 11.7. The van der Waals surface area contributed by atoms with E-state index in [4.69, 9.17) is 28.9 Å². The summed E-state index contributed by atoms with van der Waals surface area (Å²) in [5.41, 5.74) is 6.99. The highest BCUT2D eigenvalue weighted by atomic mass is 35.5. The summed E-state index contributed by atoms with van der Waals surface area (Å²) < 4.78 is 1.62. The molecule has 0 atom stereocenters. The van der Waals surface area contributed by atoms with Gasteiger partial charge in [0.15, 0.2) is 5.82 Å². The number of halogens is 2. The summed E-state index contributed by atoms with van der Waals surface area (Å²) in [4.78, 5) is 0. The Balaban J connectivity index is 2.33. The van der Waals surface area contributed by atoms with Crippen LogP contribution in [0.25, 0.3) is 0 Å². The van der Waals surface area contributed by atoms with E-state index in [0.29, 0.717) is 27.2 Å². The van der Waals surface area contributed by atoms with Gasteiger partial charge in [-0.25, -0.2) is 0 Å². The summed E-state index contributed by atoms with van der Waals surface area (Å²) in [5.74, 6) is 0.562. The maximum atomic E-state index is 6.01. The van der Waals surface area contributed by atoms with Crippen molar-refractivity contribution in [2.45, 2.75) is 0 Å². The second-order valence-corrected chi connectivity index (χ2v) is 4.20. The lowest BCUT2D eigenvalue weighted by molar-refractivity contribution is 0.771. The van der Waals surface area contributed by atoms with Crippen LogP contribution in [0.1, 0.15) is 0 Å². The third-order valence-corrected chi connectivity index (χ3v) is 2.60. The first kappa shape index (κ1) is 11.1. The molecule has 0 aliphatic carbocycles. The van der Waals surface area contributed by atoms with Gasteiger partial charge in [0.2, 0.25) is 0 Å². The van der Waals surface area contributed by atoms with Gasteiger partial charge in [0.05, 0.1) is 16.4 Å². The average molecular weight is 257 g/mol. The molecule has 0 aliphatic heterocycles. The number of nitrogen functional groups attached to an aromatic ring is 1. The molecule has 0 radical (unpaired) electrons. The summed E-state index contributed by atoms with van der Waals surface area (Å²) in [6, 6.07) is 5.15. The Kier molecular flexibility index (Phi) is 2.94. The van der Waals surface area contributed by atoms with Gasteiger partial charge in [-0.05, 0) is 18.2 Å². The van der Waals surface area contributed by atoms with Gasteiger partial charge in [0.25, 0.3) is 0 Å². The Labute approximate surface area is 103 Å². The highest BCUT2D eigenvalue weighted by Gasteiger charge is 2.07. The maximum absolute atomic E-state index is 6.01. The van der Waals surface area contributed by atoms with E-state index in [-0.39, 0.29) is 0 Å². The Bertz CT molecular complexity index is 522. The van der Waals surface area contributed by atoms with Crippen molar-refractivity contribution in [2.24, 2.45) is 7.05 Å². The van der Waals surface area contributed by atoms with E-state index in [1.54, 1.807) is 36.1 Å². The number of nitrogens with two attached hydrogens (primary N) is 1. The van der Waals surface area contributed by atoms with Crippen molar-refractivity contribution in [3.8, 4) is 0 Å². The fourth-order valence-corrected chi connectivity index (χ4v) is 1.66. The molecular weight excluding hydrogens is 247 g/mol.